The first-order chi connectivity index (χ1) is 33.6. The molecule has 0 unspecified atom stereocenters. The van der Waals surface area contributed by atoms with Gasteiger partial charge in [0.15, 0.2) is 0 Å². The number of benzene rings is 2. The Labute approximate surface area is 438 Å². The molecule has 0 fully saturated rings. The van der Waals surface area contributed by atoms with Gasteiger partial charge in [-0.15, -0.1) is 0 Å². The Balaban J connectivity index is 2.53. The predicted molar refractivity (Wildman–Crippen MR) is 287 cm³/mol. The van der Waals surface area contributed by atoms with Gasteiger partial charge in [-0.2, -0.15) is 0 Å². The number of aliphatic hydroxyl groups excluding tert-OH is 1. The fraction of sp³-hybridized carbons (Fsp3) is 0.667. The van der Waals surface area contributed by atoms with Crippen molar-refractivity contribution in [2.75, 3.05) is 14.2 Å². The molecule has 2 aromatic rings. The molecule has 2 aromatic carbocycles. The van der Waals surface area contributed by atoms with Crippen LogP contribution in [0, 0.1) is 5.92 Å². The third-order valence-electron chi connectivity index (χ3n) is 12.8. The molecule has 0 heterocycles. The quantitative estimate of drug-likeness (QED) is 0.0265. The number of amides is 5. The molecule has 8 atom stereocenters. The molecule has 0 spiro atoms. The van der Waals surface area contributed by atoms with Crippen LogP contribution < -0.4 is 35.8 Å². The molecule has 0 aliphatic carbocycles. The molecule has 2 rings (SSSR count). The third-order valence-corrected chi connectivity index (χ3v) is 19.8. The molecule has 0 radical (unpaired) electrons. The minimum atomic E-state index is -2.43. The molecule has 0 aliphatic rings. The van der Waals surface area contributed by atoms with Crippen LogP contribution in [0.3, 0.4) is 0 Å². The third kappa shape index (κ3) is 22.7. The van der Waals surface area contributed by atoms with E-state index >= 15 is 0 Å². The zero-order valence-electron chi connectivity index (χ0n) is 45.9. The summed E-state index contributed by atoms with van der Waals surface area (Å²) in [5.74, 6) is -3.24. The van der Waals surface area contributed by atoms with Gasteiger partial charge in [-0.1, -0.05) is 31.9 Å². The van der Waals surface area contributed by atoms with Crippen molar-refractivity contribution in [2.45, 2.75) is 211 Å². The Morgan fingerprint density at radius 2 is 1.29 bits per heavy atom. The molecule has 72 heavy (non-hydrogen) atoms. The molecular formula is C54H89N5O11SeSi. The zero-order valence-corrected chi connectivity index (χ0v) is 48.6. The summed E-state index contributed by atoms with van der Waals surface area (Å²) >= 11 is -0.396. The van der Waals surface area contributed by atoms with Crippen molar-refractivity contribution < 1.29 is 52.5 Å². The van der Waals surface area contributed by atoms with E-state index < -0.39 is 118 Å². The Kier molecular flexibility index (Phi) is 27.1. The van der Waals surface area contributed by atoms with Gasteiger partial charge in [0.25, 0.3) is 0 Å². The van der Waals surface area contributed by atoms with Crippen molar-refractivity contribution in [1.82, 2.24) is 26.6 Å². The number of aryl methyl sites for hydroxylation is 1. The normalized spacial score (nSPS) is 15.3. The molecule has 406 valence electrons. The van der Waals surface area contributed by atoms with Crippen LogP contribution in [0.5, 0.6) is 5.75 Å². The van der Waals surface area contributed by atoms with Gasteiger partial charge in [0.1, 0.15) is 11.4 Å². The average Bonchev–Trinajstić information content (AvgIpc) is 3.30. The number of hydrogen-bond acceptors (Lipinski definition) is 11. The van der Waals surface area contributed by atoms with E-state index in [0.717, 1.165) is 47.9 Å². The van der Waals surface area contributed by atoms with Gasteiger partial charge >= 0.3 is 352 Å². The van der Waals surface area contributed by atoms with Crippen LogP contribution in [-0.2, 0) is 44.3 Å². The summed E-state index contributed by atoms with van der Waals surface area (Å²) in [5, 5.41) is 25.9. The van der Waals surface area contributed by atoms with E-state index in [4.69, 9.17) is 18.6 Å². The Hall–Kier alpha value is -4.48. The number of carbonyl (C=O) groups is 6. The number of ether oxygens (including phenoxy) is 3. The molecule has 18 heteroatoms. The van der Waals surface area contributed by atoms with Crippen LogP contribution in [0.2, 0.25) is 22.9 Å². The van der Waals surface area contributed by atoms with Gasteiger partial charge in [-0.05, 0) is 32.9 Å². The Morgan fingerprint density at radius 3 is 1.85 bits per heavy atom. The summed E-state index contributed by atoms with van der Waals surface area (Å²) in [5.41, 5.74) is 0.200. The van der Waals surface area contributed by atoms with Gasteiger partial charge in [0, 0.05) is 0 Å². The van der Waals surface area contributed by atoms with Gasteiger partial charge < -0.3 is 4.74 Å². The summed E-state index contributed by atoms with van der Waals surface area (Å²) in [7, 11) is 0.410. The van der Waals surface area contributed by atoms with Crippen molar-refractivity contribution in [3.8, 4) is 5.75 Å². The van der Waals surface area contributed by atoms with Crippen LogP contribution in [0.25, 0.3) is 0 Å². The molecule has 16 nitrogen and oxygen atoms in total. The van der Waals surface area contributed by atoms with Gasteiger partial charge in [0.05, 0.1) is 7.11 Å². The van der Waals surface area contributed by atoms with Crippen molar-refractivity contribution in [2.24, 2.45) is 5.92 Å². The topological polar surface area (TPSA) is 220 Å². The first-order valence-corrected chi connectivity index (χ1v) is 30.4. The Morgan fingerprint density at radius 1 is 0.694 bits per heavy atom. The number of carbonyl (C=O) groups excluding carboxylic acids is 6. The zero-order chi connectivity index (χ0) is 54.4. The van der Waals surface area contributed by atoms with Crippen LogP contribution in [-0.4, -0.2) is 126 Å². The molecule has 0 saturated carbocycles. The first-order valence-electron chi connectivity index (χ1n) is 25.6. The van der Waals surface area contributed by atoms with E-state index in [-0.39, 0.29) is 17.9 Å². The fourth-order valence-corrected chi connectivity index (χ4v) is 11.2. The second kappa shape index (κ2) is 30.6. The van der Waals surface area contributed by atoms with Gasteiger partial charge in [-0.25, -0.2) is 0 Å². The SMILES string of the molecule is CCCCCCC[C@@H](C[C@@H](NC(=O)[C@H](C)NC(=O)OC(C)(C)C)[C@@H](O)C(=O)N[C@H](C(=O)N[C@H](C(=O)N[C@@H](CCCc1ccc(OC)cc1)C(=O)OC)C(C)C)[C@H](C)[Se]c1ccccc1)O[Si](C)(C)C(C)(C)C. The molecule has 6 N–H and O–H groups in total. The van der Waals surface area contributed by atoms with E-state index in [1.165, 1.54) is 14.0 Å². The van der Waals surface area contributed by atoms with Gasteiger partial charge in [-0.3, -0.25) is 0 Å². The molecule has 0 saturated heterocycles. The summed E-state index contributed by atoms with van der Waals surface area (Å²) in [6.45, 7) is 24.7. The molecule has 0 aromatic heterocycles. The van der Waals surface area contributed by atoms with E-state index in [1.54, 1.807) is 41.7 Å². The van der Waals surface area contributed by atoms with Crippen molar-refractivity contribution in [1.29, 1.82) is 0 Å². The molecule has 5 amide bonds. The molecular weight excluding hydrogens is 1000 g/mol. The maximum atomic E-state index is 14.6. The number of unbranched alkanes of at least 4 members (excludes halogenated alkanes) is 4. The summed E-state index contributed by atoms with van der Waals surface area (Å²) in [6, 6.07) is 11.3. The van der Waals surface area contributed by atoms with E-state index in [9.17, 15) is 33.9 Å². The van der Waals surface area contributed by atoms with E-state index in [1.807, 2.05) is 61.5 Å². The molecule has 0 bridgehead atoms. The van der Waals surface area contributed by atoms with E-state index in [0.29, 0.717) is 19.3 Å². The van der Waals surface area contributed by atoms with Crippen molar-refractivity contribution in [3.05, 3.63) is 60.2 Å². The molecule has 0 aliphatic heterocycles. The van der Waals surface area contributed by atoms with Crippen molar-refractivity contribution >= 4 is 63.4 Å². The summed E-state index contributed by atoms with van der Waals surface area (Å²) in [4.78, 5) is 82.5. The number of hydrogen-bond donors (Lipinski definition) is 6. The number of aliphatic hydroxyl groups is 1. The second-order valence-electron chi connectivity index (χ2n) is 21.5. The number of esters is 1. The average molecular weight is 1090 g/mol. The number of nitrogens with one attached hydrogen (secondary N) is 5. The second-order valence-corrected chi connectivity index (χ2v) is 29.3. The van der Waals surface area contributed by atoms with Crippen molar-refractivity contribution in [3.63, 3.8) is 0 Å². The number of alkyl carbamates (subject to hydrolysis) is 1. The summed E-state index contributed by atoms with van der Waals surface area (Å²) in [6.07, 6.45) is 3.95. The van der Waals surface area contributed by atoms with Crippen LogP contribution in [0.4, 0.5) is 4.79 Å². The Bertz CT molecular complexity index is 1990. The number of rotatable bonds is 30. The first kappa shape index (κ1) is 63.6. The maximum absolute atomic E-state index is 14.6. The minimum absolute atomic E-state index is 0.0528. The summed E-state index contributed by atoms with van der Waals surface area (Å²) < 4.78 is 23.6. The van der Waals surface area contributed by atoms with Crippen LogP contribution in [0.15, 0.2) is 54.6 Å². The monoisotopic (exact) mass is 1090 g/mol. The number of methoxy groups -OCH3 is 2. The van der Waals surface area contributed by atoms with Crippen LogP contribution >= 0.6 is 0 Å². The standard InChI is InChI=1S/C54H89N5O11SeSi/c1-16-17-18-19-21-26-40(70-72(14,15)54(9,10)11)34-43(57-47(61)36(4)55-52(66)69-53(6,7)8)46(60)50(64)59-45(37(5)71-41-27-22-20-23-28-41)49(63)58-44(35(2)3)48(62)56-42(51(65)68-13)29-24-25-38-30-32-39(67-12)33-31-38/h20,22-23,27-28,30-33,35-37,40,42-46,60H,16-19,21,24-26,29,34H2,1-15H3,(H,55,66)(H,56,62)(H,57,61)(H,58,63)(H,59,64)/t36-,37-,40-,42-,43+,44-,45-,46+/m0/s1. The van der Waals surface area contributed by atoms with Gasteiger partial charge in [0.2, 0.25) is 0 Å². The van der Waals surface area contributed by atoms with Crippen LogP contribution in [0.1, 0.15) is 140 Å². The predicted octanol–water partition coefficient (Wildman–Crippen LogP) is 7.04. The fourth-order valence-electron chi connectivity index (χ4n) is 7.53. The van der Waals surface area contributed by atoms with E-state index in [2.05, 4.69) is 67.4 Å².